The van der Waals surface area contributed by atoms with Gasteiger partial charge in [0.25, 0.3) is 10.0 Å². The molecule has 3 aromatic carbocycles. The molecule has 0 bridgehead atoms. The summed E-state index contributed by atoms with van der Waals surface area (Å²) in [5, 5.41) is 1.80. The topological polar surface area (TPSA) is 120 Å². The fraction of sp³-hybridized carbons (Fsp3) is 0.231. The van der Waals surface area contributed by atoms with Gasteiger partial charge in [0.1, 0.15) is 22.4 Å². The predicted molar refractivity (Wildman–Crippen MR) is 134 cm³/mol. The van der Waals surface area contributed by atoms with Gasteiger partial charge in [-0.15, -0.1) is 4.40 Å². The summed E-state index contributed by atoms with van der Waals surface area (Å²) in [6.07, 6.45) is -0.912. The lowest BCUT2D eigenvalue weighted by Crippen LogP contribution is -2.47. The van der Waals surface area contributed by atoms with Crippen molar-refractivity contribution >= 4 is 22.1 Å². The van der Waals surface area contributed by atoms with Gasteiger partial charge in [-0.25, -0.2) is 17.6 Å². The van der Waals surface area contributed by atoms with Crippen LogP contribution in [0.2, 0.25) is 0 Å². The Labute approximate surface area is 209 Å². The monoisotopic (exact) mass is 511 g/mol. The van der Waals surface area contributed by atoms with Gasteiger partial charge in [-0.3, -0.25) is 0 Å². The van der Waals surface area contributed by atoms with E-state index in [2.05, 4.69) is 9.71 Å². The van der Waals surface area contributed by atoms with Crippen LogP contribution in [0.15, 0.2) is 77.2 Å². The number of rotatable bonds is 5. The minimum atomic E-state index is -4.03. The summed E-state index contributed by atoms with van der Waals surface area (Å²) in [5.41, 5.74) is 6.31. The van der Waals surface area contributed by atoms with Crippen molar-refractivity contribution in [2.75, 3.05) is 0 Å². The Morgan fingerprint density at radius 2 is 1.78 bits per heavy atom. The molecular formula is C26H26FN3O5S. The van der Waals surface area contributed by atoms with Crippen molar-refractivity contribution in [2.45, 2.75) is 37.7 Å². The highest BCUT2D eigenvalue weighted by Crippen LogP contribution is 2.41. The average Bonchev–Trinajstić information content (AvgIpc) is 2.78. The number of amidine groups is 1. The van der Waals surface area contributed by atoms with Gasteiger partial charge in [-0.1, -0.05) is 54.6 Å². The number of carbonyl (C=O) groups is 1. The Balaban J connectivity index is 1.59. The van der Waals surface area contributed by atoms with Crippen molar-refractivity contribution in [3.8, 4) is 16.9 Å². The van der Waals surface area contributed by atoms with Crippen molar-refractivity contribution in [2.24, 2.45) is 10.1 Å². The van der Waals surface area contributed by atoms with Crippen LogP contribution in [-0.4, -0.2) is 26.1 Å². The zero-order valence-electron chi connectivity index (χ0n) is 19.9. The summed E-state index contributed by atoms with van der Waals surface area (Å²) in [6.45, 7) is 5.02. The van der Waals surface area contributed by atoms with E-state index in [4.69, 9.17) is 15.2 Å². The highest BCUT2D eigenvalue weighted by Gasteiger charge is 2.47. The van der Waals surface area contributed by atoms with Crippen LogP contribution in [0.4, 0.5) is 9.18 Å². The van der Waals surface area contributed by atoms with E-state index in [-0.39, 0.29) is 6.02 Å². The van der Waals surface area contributed by atoms with Crippen LogP contribution in [0.25, 0.3) is 11.1 Å². The SMILES string of the molecule is C[C@H](NC1=NS(=O)(=O)C(c2ccc(-c3cccc(OC(N)=O)c3)cc2)C(C)(C)O1)c1ccccc1F. The van der Waals surface area contributed by atoms with Crippen LogP contribution in [0.1, 0.15) is 43.2 Å². The number of sulfonamides is 1. The second-order valence-corrected chi connectivity index (χ2v) is 10.6. The molecule has 0 spiro atoms. The van der Waals surface area contributed by atoms with Crippen molar-refractivity contribution < 1.29 is 27.1 Å². The number of carbonyl (C=O) groups excluding carboxylic acids is 1. The van der Waals surface area contributed by atoms with Gasteiger partial charge >= 0.3 is 12.1 Å². The Bertz CT molecular complexity index is 1420. The number of amides is 1. The number of hydrogen-bond donors (Lipinski definition) is 2. The summed E-state index contributed by atoms with van der Waals surface area (Å²) in [7, 11) is -4.03. The molecule has 4 rings (SSSR count). The van der Waals surface area contributed by atoms with Gasteiger partial charge in [-0.05, 0) is 55.7 Å². The van der Waals surface area contributed by atoms with E-state index in [1.807, 2.05) is 6.07 Å². The van der Waals surface area contributed by atoms with Gasteiger partial charge < -0.3 is 20.5 Å². The van der Waals surface area contributed by atoms with Gasteiger partial charge in [0.05, 0.1) is 6.04 Å². The first-order valence-electron chi connectivity index (χ1n) is 11.2. The number of primary amides is 1. The van der Waals surface area contributed by atoms with Crippen molar-refractivity contribution in [3.05, 3.63) is 89.7 Å². The summed E-state index contributed by atoms with van der Waals surface area (Å²) >= 11 is 0. The van der Waals surface area contributed by atoms with Crippen molar-refractivity contribution in [1.82, 2.24) is 5.32 Å². The zero-order chi connectivity index (χ0) is 26.1. The second kappa shape index (κ2) is 9.62. The largest absolute Gasteiger partial charge is 0.457 e. The summed E-state index contributed by atoms with van der Waals surface area (Å²) in [5.74, 6) is -0.117. The van der Waals surface area contributed by atoms with E-state index in [1.165, 1.54) is 6.07 Å². The van der Waals surface area contributed by atoms with E-state index in [1.54, 1.807) is 81.4 Å². The van der Waals surface area contributed by atoms with Gasteiger partial charge in [0, 0.05) is 5.56 Å². The molecule has 2 atom stereocenters. The number of ether oxygens (including phenoxy) is 2. The Morgan fingerprint density at radius 3 is 2.42 bits per heavy atom. The molecule has 1 unspecified atom stereocenters. The summed E-state index contributed by atoms with van der Waals surface area (Å²) < 4.78 is 55.4. The molecule has 0 fully saturated rings. The predicted octanol–water partition coefficient (Wildman–Crippen LogP) is 4.84. The molecule has 188 valence electrons. The molecule has 0 radical (unpaired) electrons. The van der Waals surface area contributed by atoms with Crippen molar-refractivity contribution in [3.63, 3.8) is 0 Å². The summed E-state index contributed by atoms with van der Waals surface area (Å²) in [4.78, 5) is 11.0. The standard InChI is InChI=1S/C26H26FN3O5S/c1-16(21-9-4-5-10-22(21)27)29-25-30-36(32,33)23(26(2,3)35-25)18-13-11-17(12-14-18)19-7-6-8-20(15-19)34-24(28)31/h4-16,23H,1-3H3,(H2,28,31)(H,29,30)/t16-,23?/m0/s1. The first-order chi connectivity index (χ1) is 17.0. The quantitative estimate of drug-likeness (QED) is 0.506. The Morgan fingerprint density at radius 1 is 1.08 bits per heavy atom. The number of hydrogen-bond acceptors (Lipinski definition) is 6. The maximum Gasteiger partial charge on any atom is 0.409 e. The highest BCUT2D eigenvalue weighted by molar-refractivity contribution is 7.90. The zero-order valence-corrected chi connectivity index (χ0v) is 20.8. The molecule has 1 aliphatic heterocycles. The molecule has 3 N–H and O–H groups in total. The van der Waals surface area contributed by atoms with Crippen molar-refractivity contribution in [1.29, 1.82) is 0 Å². The normalized spacial score (nSPS) is 18.9. The second-order valence-electron chi connectivity index (χ2n) is 8.96. The van der Waals surface area contributed by atoms with E-state index >= 15 is 0 Å². The lowest BCUT2D eigenvalue weighted by atomic mass is 9.95. The molecular weight excluding hydrogens is 485 g/mol. The number of nitrogens with zero attached hydrogens (tertiary/aromatic N) is 1. The number of nitrogens with one attached hydrogen (secondary N) is 1. The molecule has 1 heterocycles. The first-order valence-corrected chi connectivity index (χ1v) is 12.7. The van der Waals surface area contributed by atoms with Crippen LogP contribution >= 0.6 is 0 Å². The Hall–Kier alpha value is -3.92. The first kappa shape index (κ1) is 25.2. The maximum absolute atomic E-state index is 14.1. The van der Waals surface area contributed by atoms with Crippen LogP contribution in [0.3, 0.4) is 0 Å². The number of nitrogens with two attached hydrogens (primary N) is 1. The smallest absolute Gasteiger partial charge is 0.409 e. The van der Waals surface area contributed by atoms with Crippen LogP contribution < -0.4 is 15.8 Å². The molecule has 10 heteroatoms. The van der Waals surface area contributed by atoms with E-state index in [0.29, 0.717) is 16.9 Å². The lowest BCUT2D eigenvalue weighted by Gasteiger charge is -2.37. The minimum Gasteiger partial charge on any atom is -0.457 e. The Kier molecular flexibility index (Phi) is 6.73. The third-order valence-electron chi connectivity index (χ3n) is 5.81. The van der Waals surface area contributed by atoms with E-state index in [0.717, 1.165) is 11.1 Å². The highest BCUT2D eigenvalue weighted by atomic mass is 32.2. The molecule has 0 saturated heterocycles. The van der Waals surface area contributed by atoms with E-state index in [9.17, 15) is 17.6 Å². The average molecular weight is 512 g/mol. The van der Waals surface area contributed by atoms with Crippen LogP contribution in [-0.2, 0) is 14.8 Å². The molecule has 3 aromatic rings. The van der Waals surface area contributed by atoms with Crippen LogP contribution in [0.5, 0.6) is 5.75 Å². The molecule has 0 aromatic heterocycles. The molecule has 0 aliphatic carbocycles. The van der Waals surface area contributed by atoms with E-state index < -0.39 is 38.8 Å². The molecule has 1 amide bonds. The fourth-order valence-electron chi connectivity index (χ4n) is 4.27. The third kappa shape index (κ3) is 5.33. The van der Waals surface area contributed by atoms with Gasteiger partial charge in [0.2, 0.25) is 0 Å². The molecule has 36 heavy (non-hydrogen) atoms. The number of halogens is 1. The minimum absolute atomic E-state index is 0.185. The molecule has 1 aliphatic rings. The lowest BCUT2D eigenvalue weighted by molar-refractivity contribution is 0.0768. The van der Waals surface area contributed by atoms with Crippen LogP contribution in [0, 0.1) is 5.82 Å². The molecule has 0 saturated carbocycles. The third-order valence-corrected chi connectivity index (χ3v) is 7.67. The molecule has 8 nitrogen and oxygen atoms in total. The fourth-order valence-corrected chi connectivity index (χ4v) is 5.97. The maximum atomic E-state index is 14.1. The van der Waals surface area contributed by atoms with Gasteiger partial charge in [0.15, 0.2) is 0 Å². The number of benzene rings is 3. The summed E-state index contributed by atoms with van der Waals surface area (Å²) in [6, 6.07) is 19.2. The van der Waals surface area contributed by atoms with Gasteiger partial charge in [-0.2, -0.15) is 0 Å².